The minimum absolute atomic E-state index is 0.107. The molecule has 0 spiro atoms. The maximum Gasteiger partial charge on any atom is 0.472 e. The highest BCUT2D eigenvalue weighted by atomic mass is 31.2. The predicted octanol–water partition coefficient (Wildman–Crippen LogP) is 26.6. The molecule has 0 radical (unpaired) electrons. The van der Waals surface area contributed by atoms with E-state index in [9.17, 15) is 43.2 Å². The van der Waals surface area contributed by atoms with Crippen molar-refractivity contribution in [2.24, 2.45) is 11.8 Å². The molecule has 630 valence electrons. The fourth-order valence-corrected chi connectivity index (χ4v) is 15.2. The van der Waals surface area contributed by atoms with Gasteiger partial charge >= 0.3 is 39.5 Å². The van der Waals surface area contributed by atoms with Crippen LogP contribution in [0.15, 0.2) is 0 Å². The summed E-state index contributed by atoms with van der Waals surface area (Å²) in [5.41, 5.74) is 0. The number of hydrogen-bond acceptors (Lipinski definition) is 15. The lowest BCUT2D eigenvalue weighted by atomic mass is 10.0. The third kappa shape index (κ3) is 80.1. The zero-order chi connectivity index (χ0) is 77.8. The molecule has 0 aliphatic heterocycles. The summed E-state index contributed by atoms with van der Waals surface area (Å²) >= 11 is 0. The van der Waals surface area contributed by atoms with Crippen molar-refractivity contribution in [1.82, 2.24) is 0 Å². The van der Waals surface area contributed by atoms with E-state index in [-0.39, 0.29) is 25.7 Å². The number of carbonyl (C=O) groups excluding carboxylic acids is 4. The van der Waals surface area contributed by atoms with Crippen LogP contribution in [-0.2, 0) is 65.4 Å². The fourth-order valence-electron chi connectivity index (χ4n) is 13.6. The molecule has 2 unspecified atom stereocenters. The van der Waals surface area contributed by atoms with E-state index in [0.717, 1.165) is 102 Å². The van der Waals surface area contributed by atoms with Gasteiger partial charge in [-0.15, -0.1) is 0 Å². The number of hydrogen-bond donors (Lipinski definition) is 3. The van der Waals surface area contributed by atoms with Crippen molar-refractivity contribution in [1.29, 1.82) is 0 Å². The van der Waals surface area contributed by atoms with E-state index in [2.05, 4.69) is 41.5 Å². The lowest BCUT2D eigenvalue weighted by Gasteiger charge is -2.21. The second-order valence-electron chi connectivity index (χ2n) is 32.2. The van der Waals surface area contributed by atoms with Gasteiger partial charge in [0.1, 0.15) is 19.3 Å². The lowest BCUT2D eigenvalue weighted by molar-refractivity contribution is -0.161. The molecule has 106 heavy (non-hydrogen) atoms. The molecule has 0 fully saturated rings. The number of carbonyl (C=O) groups is 4. The van der Waals surface area contributed by atoms with Crippen molar-refractivity contribution in [3.8, 4) is 0 Å². The van der Waals surface area contributed by atoms with E-state index in [1.54, 1.807) is 0 Å². The number of aliphatic hydroxyl groups is 1. The summed E-state index contributed by atoms with van der Waals surface area (Å²) < 4.78 is 68.9. The van der Waals surface area contributed by atoms with Crippen LogP contribution in [0, 0.1) is 11.8 Å². The molecule has 17 nitrogen and oxygen atoms in total. The van der Waals surface area contributed by atoms with Crippen LogP contribution >= 0.6 is 15.6 Å². The van der Waals surface area contributed by atoms with Crippen LogP contribution in [0.25, 0.3) is 0 Å². The summed E-state index contributed by atoms with van der Waals surface area (Å²) in [7, 11) is -9.93. The first kappa shape index (κ1) is 104. The van der Waals surface area contributed by atoms with Crippen molar-refractivity contribution in [3.63, 3.8) is 0 Å². The monoisotopic (exact) mass is 1550 g/mol. The lowest BCUT2D eigenvalue weighted by Crippen LogP contribution is -2.30. The van der Waals surface area contributed by atoms with Gasteiger partial charge in [-0.25, -0.2) is 9.13 Å². The molecular weight excluding hydrogens is 1380 g/mol. The Bertz CT molecular complexity index is 2030. The molecule has 0 aromatic rings. The van der Waals surface area contributed by atoms with Gasteiger partial charge in [-0.2, -0.15) is 0 Å². The maximum atomic E-state index is 13.2. The molecule has 0 saturated heterocycles. The van der Waals surface area contributed by atoms with Gasteiger partial charge in [0.2, 0.25) is 0 Å². The Morgan fingerprint density at radius 1 is 0.255 bits per heavy atom. The number of rotatable bonds is 86. The van der Waals surface area contributed by atoms with Gasteiger partial charge in [0.15, 0.2) is 12.2 Å². The number of phosphoric acid groups is 2. The van der Waals surface area contributed by atoms with Crippen LogP contribution < -0.4 is 0 Å². The Morgan fingerprint density at radius 2 is 0.434 bits per heavy atom. The first-order valence-electron chi connectivity index (χ1n) is 45.0. The van der Waals surface area contributed by atoms with Gasteiger partial charge in [-0.1, -0.05) is 414 Å². The summed E-state index contributed by atoms with van der Waals surface area (Å²) in [6.45, 7) is 9.70. The van der Waals surface area contributed by atoms with E-state index >= 15 is 0 Å². The van der Waals surface area contributed by atoms with Gasteiger partial charge in [-0.3, -0.25) is 37.3 Å². The number of esters is 4. The Balaban J connectivity index is 5.24. The van der Waals surface area contributed by atoms with Crippen LogP contribution in [0.3, 0.4) is 0 Å². The number of aliphatic hydroxyl groups excluding tert-OH is 1. The first-order chi connectivity index (χ1) is 51.4. The van der Waals surface area contributed by atoms with Gasteiger partial charge in [0.25, 0.3) is 0 Å². The normalized spacial score (nSPS) is 13.8. The largest absolute Gasteiger partial charge is 0.472 e. The predicted molar refractivity (Wildman–Crippen MR) is 437 cm³/mol. The van der Waals surface area contributed by atoms with Crippen LogP contribution in [0.5, 0.6) is 0 Å². The maximum absolute atomic E-state index is 13.2. The minimum Gasteiger partial charge on any atom is -0.462 e. The van der Waals surface area contributed by atoms with Crippen molar-refractivity contribution in [3.05, 3.63) is 0 Å². The van der Waals surface area contributed by atoms with E-state index in [4.69, 9.17) is 37.0 Å². The van der Waals surface area contributed by atoms with Crippen molar-refractivity contribution in [2.75, 3.05) is 39.6 Å². The second kappa shape index (κ2) is 78.3. The quantitative estimate of drug-likeness (QED) is 0.0222. The molecule has 3 N–H and O–H groups in total. The Hall–Kier alpha value is -1.94. The molecule has 0 aliphatic rings. The molecule has 19 heteroatoms. The van der Waals surface area contributed by atoms with Crippen LogP contribution in [-0.4, -0.2) is 96.7 Å². The van der Waals surface area contributed by atoms with Crippen LogP contribution in [0.2, 0.25) is 0 Å². The van der Waals surface area contributed by atoms with Crippen molar-refractivity contribution >= 4 is 39.5 Å². The van der Waals surface area contributed by atoms with Crippen LogP contribution in [0.4, 0.5) is 0 Å². The van der Waals surface area contributed by atoms with E-state index in [1.807, 2.05) is 0 Å². The Labute approximate surface area is 651 Å². The summed E-state index contributed by atoms with van der Waals surface area (Å²) in [6.07, 6.45) is 70.8. The smallest absolute Gasteiger partial charge is 0.462 e. The summed E-state index contributed by atoms with van der Waals surface area (Å²) in [5, 5.41) is 10.7. The molecule has 0 bridgehead atoms. The standard InChI is InChI=1S/C87H170O17P2/c1-7-9-11-13-15-17-19-21-22-23-24-25-26-27-32-36-40-47-53-59-65-71-86(91)103-82(75-98-85(90)70-64-58-52-46-39-35-31-29-28-30-34-37-43-49-55-61-67-79(3)4)77-101-105(93,94)99-73-81(88)74-100-106(95,96)102-78-83(104-87(92)72-66-60-54-48-42-41-44-50-56-62-68-80(5)6)76-97-84(89)69-63-57-51-45-38-33-20-18-16-14-12-10-8-2/h79-83,88H,7-78H2,1-6H3,(H,93,94)(H,95,96)/t81-,82-,83-/m1/s1. The second-order valence-corrected chi connectivity index (χ2v) is 35.1. The summed E-state index contributed by atoms with van der Waals surface area (Å²) in [4.78, 5) is 73.3. The number of phosphoric ester groups is 2. The molecule has 0 aromatic heterocycles. The zero-order valence-electron chi connectivity index (χ0n) is 69.7. The average molecular weight is 1550 g/mol. The molecule has 5 atom stereocenters. The zero-order valence-corrected chi connectivity index (χ0v) is 71.5. The van der Waals surface area contributed by atoms with Gasteiger partial charge < -0.3 is 33.8 Å². The molecule has 0 amide bonds. The highest BCUT2D eigenvalue weighted by Gasteiger charge is 2.30. The van der Waals surface area contributed by atoms with E-state index in [1.165, 1.54) is 283 Å². The minimum atomic E-state index is -4.97. The molecular formula is C87H170O17P2. The summed E-state index contributed by atoms with van der Waals surface area (Å²) in [5.74, 6) is -0.536. The van der Waals surface area contributed by atoms with Crippen LogP contribution in [0.1, 0.15) is 465 Å². The first-order valence-corrected chi connectivity index (χ1v) is 48.0. The fraction of sp³-hybridized carbons (Fsp3) is 0.954. The summed E-state index contributed by atoms with van der Waals surface area (Å²) in [6, 6.07) is 0. The van der Waals surface area contributed by atoms with Gasteiger partial charge in [-0.05, 0) is 37.5 Å². The highest BCUT2D eigenvalue weighted by molar-refractivity contribution is 7.47. The van der Waals surface area contributed by atoms with E-state index < -0.39 is 97.5 Å². The Kier molecular flexibility index (Phi) is 76.9. The van der Waals surface area contributed by atoms with E-state index in [0.29, 0.717) is 25.7 Å². The Morgan fingerprint density at radius 3 is 0.642 bits per heavy atom. The number of ether oxygens (including phenoxy) is 4. The molecule has 0 heterocycles. The SMILES string of the molecule is CCCCCCCCCCCCCCCCCCCCCCCC(=O)O[C@H](COC(=O)CCCCCCCCCCCCCCCCCCC(C)C)COP(=O)(O)OC[C@@H](O)COP(=O)(O)OC[C@@H](COC(=O)CCCCCCCCCCCCCCC)OC(=O)CCCCCCCCCCCCC(C)C. The molecule has 0 saturated carbocycles. The third-order valence-electron chi connectivity index (χ3n) is 20.5. The number of unbranched alkanes of at least 4 members (excludes halogenated alkanes) is 56. The molecule has 0 rings (SSSR count). The topological polar surface area (TPSA) is 237 Å². The highest BCUT2D eigenvalue weighted by Crippen LogP contribution is 2.45. The molecule has 0 aromatic carbocycles. The molecule has 0 aliphatic carbocycles. The van der Waals surface area contributed by atoms with Gasteiger partial charge in [0.05, 0.1) is 26.4 Å². The van der Waals surface area contributed by atoms with Crippen molar-refractivity contribution < 1.29 is 80.2 Å². The van der Waals surface area contributed by atoms with Crippen molar-refractivity contribution in [2.45, 2.75) is 484 Å². The average Bonchev–Trinajstić information content (AvgIpc) is 0.899. The third-order valence-corrected chi connectivity index (χ3v) is 22.4. The van der Waals surface area contributed by atoms with Gasteiger partial charge in [0, 0.05) is 25.7 Å².